The Morgan fingerprint density at radius 1 is 1.23 bits per heavy atom. The number of carbonyl (C=O) groups is 1. The maximum absolute atomic E-state index is 12.3. The first-order chi connectivity index (χ1) is 10.3. The minimum atomic E-state index is -0.548. The summed E-state index contributed by atoms with van der Waals surface area (Å²) in [6.07, 6.45) is -0.155. The third-order valence-electron chi connectivity index (χ3n) is 3.18. The van der Waals surface area contributed by atoms with E-state index in [0.717, 1.165) is 11.1 Å². The smallest absolute Gasteiger partial charge is 0.412 e. The van der Waals surface area contributed by atoms with Crippen LogP contribution in [-0.2, 0) is 22.4 Å². The molecule has 0 bridgehead atoms. The van der Waals surface area contributed by atoms with Crippen LogP contribution in [0.5, 0.6) is 0 Å². The Morgan fingerprint density at radius 3 is 2.23 bits per heavy atom. The number of rotatable bonds is 6. The number of hydrogen-bond donors (Lipinski definition) is 1. The third kappa shape index (κ3) is 6.03. The summed E-state index contributed by atoms with van der Waals surface area (Å²) in [4.78, 5) is 13.9. The molecule has 0 aliphatic carbocycles. The van der Waals surface area contributed by atoms with Gasteiger partial charge in [0.05, 0.1) is 6.54 Å². The minimum Gasteiger partial charge on any atom is -0.444 e. The second kappa shape index (κ2) is 8.15. The lowest BCUT2D eigenvalue weighted by atomic mass is 10.1. The van der Waals surface area contributed by atoms with E-state index in [-0.39, 0.29) is 12.8 Å². The number of hydrogen-bond acceptors (Lipinski definition) is 4. The van der Waals surface area contributed by atoms with Crippen LogP contribution in [0.15, 0.2) is 24.3 Å². The first kappa shape index (κ1) is 18.5. The number of amides is 1. The molecule has 0 aliphatic rings. The second-order valence-electron chi connectivity index (χ2n) is 6.23. The van der Waals surface area contributed by atoms with Crippen molar-refractivity contribution in [3.63, 3.8) is 0 Å². The molecular formula is C17H27NO4. The Labute approximate surface area is 132 Å². The molecule has 1 atom stereocenters. The molecule has 0 heterocycles. The molecule has 1 N–H and O–H groups in total. The normalized spacial score (nSPS) is 12.8. The van der Waals surface area contributed by atoms with Crippen molar-refractivity contribution >= 4 is 6.09 Å². The number of aliphatic hydroxyl groups is 1. The van der Waals surface area contributed by atoms with E-state index in [1.54, 1.807) is 12.0 Å². The average Bonchev–Trinajstić information content (AvgIpc) is 2.44. The zero-order chi connectivity index (χ0) is 16.8. The van der Waals surface area contributed by atoms with Gasteiger partial charge in [-0.1, -0.05) is 24.3 Å². The number of methoxy groups -OCH3 is 1. The minimum absolute atomic E-state index is 0.129. The van der Waals surface area contributed by atoms with Crippen LogP contribution in [0, 0.1) is 0 Å². The molecule has 5 heteroatoms. The summed E-state index contributed by atoms with van der Waals surface area (Å²) in [6, 6.07) is 7.81. The zero-order valence-electron chi connectivity index (χ0n) is 14.1. The lowest BCUT2D eigenvalue weighted by molar-refractivity contribution is -0.0444. The van der Waals surface area contributed by atoms with Crippen LogP contribution in [0.1, 0.15) is 38.8 Å². The van der Waals surface area contributed by atoms with Crippen molar-refractivity contribution in [3.05, 3.63) is 35.4 Å². The monoisotopic (exact) mass is 309 g/mol. The molecule has 0 spiro atoms. The highest BCUT2D eigenvalue weighted by Crippen LogP contribution is 2.16. The molecular weight excluding hydrogens is 282 g/mol. The molecule has 0 aromatic heterocycles. The number of benzene rings is 1. The van der Waals surface area contributed by atoms with Gasteiger partial charge in [-0.25, -0.2) is 4.79 Å². The van der Waals surface area contributed by atoms with Gasteiger partial charge in [-0.3, -0.25) is 4.90 Å². The number of ether oxygens (including phenoxy) is 2. The van der Waals surface area contributed by atoms with Crippen LogP contribution in [0.3, 0.4) is 0 Å². The average molecular weight is 309 g/mol. The van der Waals surface area contributed by atoms with Gasteiger partial charge in [0.1, 0.15) is 11.8 Å². The Bertz CT molecular complexity index is 465. The molecule has 1 unspecified atom stereocenters. The molecule has 124 valence electrons. The lowest BCUT2D eigenvalue weighted by Crippen LogP contribution is -2.42. The Hall–Kier alpha value is -1.59. The number of nitrogens with zero attached hydrogens (tertiary/aromatic N) is 1. The summed E-state index contributed by atoms with van der Waals surface area (Å²) in [5.74, 6) is 0. The van der Waals surface area contributed by atoms with Gasteiger partial charge in [-0.15, -0.1) is 0 Å². The molecule has 0 radical (unpaired) electrons. The highest BCUT2D eigenvalue weighted by molar-refractivity contribution is 5.68. The highest BCUT2D eigenvalue weighted by atomic mass is 16.6. The van der Waals surface area contributed by atoms with E-state index in [0.29, 0.717) is 13.0 Å². The molecule has 0 fully saturated rings. The van der Waals surface area contributed by atoms with Crippen molar-refractivity contribution < 1.29 is 19.4 Å². The predicted octanol–water partition coefficient (Wildman–Crippen LogP) is 2.95. The largest absolute Gasteiger partial charge is 0.444 e. The standard InChI is InChI=1S/C17H27NO4/c1-13(21-5)18(16(20)22-17(2,3)4)12-15-8-6-14(7-9-15)10-11-19/h6-9,13,19H,10-12H2,1-5H3. The summed E-state index contributed by atoms with van der Waals surface area (Å²) in [7, 11) is 1.56. The van der Waals surface area contributed by atoms with Crippen LogP contribution in [0.4, 0.5) is 4.79 Å². The van der Waals surface area contributed by atoms with Crippen LogP contribution in [0.2, 0.25) is 0 Å². The Kier molecular flexibility index (Phi) is 6.84. The van der Waals surface area contributed by atoms with Gasteiger partial charge in [-0.2, -0.15) is 0 Å². The Balaban J connectivity index is 2.82. The fraction of sp³-hybridized carbons (Fsp3) is 0.588. The van der Waals surface area contributed by atoms with Crippen molar-refractivity contribution in [2.24, 2.45) is 0 Å². The summed E-state index contributed by atoms with van der Waals surface area (Å²) in [5.41, 5.74) is 1.50. The quantitative estimate of drug-likeness (QED) is 0.821. The predicted molar refractivity (Wildman–Crippen MR) is 85.5 cm³/mol. The van der Waals surface area contributed by atoms with E-state index in [2.05, 4.69) is 0 Å². The molecule has 1 amide bonds. The molecule has 5 nitrogen and oxygen atoms in total. The molecule has 22 heavy (non-hydrogen) atoms. The van der Waals surface area contributed by atoms with E-state index >= 15 is 0 Å². The molecule has 1 rings (SSSR count). The van der Waals surface area contributed by atoms with E-state index in [1.165, 1.54) is 0 Å². The van der Waals surface area contributed by atoms with Crippen molar-refractivity contribution in [1.29, 1.82) is 0 Å². The van der Waals surface area contributed by atoms with Gasteiger partial charge in [0.2, 0.25) is 0 Å². The fourth-order valence-electron chi connectivity index (χ4n) is 1.93. The van der Waals surface area contributed by atoms with E-state index in [1.807, 2.05) is 52.0 Å². The topological polar surface area (TPSA) is 59.0 Å². The van der Waals surface area contributed by atoms with E-state index in [9.17, 15) is 4.79 Å². The van der Waals surface area contributed by atoms with Crippen LogP contribution in [0.25, 0.3) is 0 Å². The maximum Gasteiger partial charge on any atom is 0.412 e. The SMILES string of the molecule is COC(C)N(Cc1ccc(CCO)cc1)C(=O)OC(C)(C)C. The first-order valence-corrected chi connectivity index (χ1v) is 7.48. The molecule has 0 aliphatic heterocycles. The summed E-state index contributed by atoms with van der Waals surface area (Å²) in [6.45, 7) is 7.86. The third-order valence-corrected chi connectivity index (χ3v) is 3.18. The van der Waals surface area contributed by atoms with Gasteiger partial charge in [0.15, 0.2) is 0 Å². The summed E-state index contributed by atoms with van der Waals surface area (Å²) < 4.78 is 10.7. The van der Waals surface area contributed by atoms with Crippen molar-refractivity contribution in [2.45, 2.75) is 52.5 Å². The van der Waals surface area contributed by atoms with E-state index < -0.39 is 11.7 Å². The second-order valence-corrected chi connectivity index (χ2v) is 6.23. The van der Waals surface area contributed by atoms with Gasteiger partial charge in [-0.05, 0) is 45.2 Å². The molecule has 1 aromatic carbocycles. The molecule has 1 aromatic rings. The number of carbonyl (C=O) groups excluding carboxylic acids is 1. The summed E-state index contributed by atoms with van der Waals surface area (Å²) in [5, 5.41) is 8.93. The zero-order valence-corrected chi connectivity index (χ0v) is 14.1. The van der Waals surface area contributed by atoms with Crippen molar-refractivity contribution in [1.82, 2.24) is 4.90 Å². The molecule has 0 saturated heterocycles. The molecule has 0 saturated carbocycles. The van der Waals surface area contributed by atoms with Gasteiger partial charge < -0.3 is 14.6 Å². The van der Waals surface area contributed by atoms with Gasteiger partial charge >= 0.3 is 6.09 Å². The maximum atomic E-state index is 12.3. The van der Waals surface area contributed by atoms with Crippen LogP contribution in [-0.4, -0.2) is 41.6 Å². The van der Waals surface area contributed by atoms with Crippen molar-refractivity contribution in [2.75, 3.05) is 13.7 Å². The fourth-order valence-corrected chi connectivity index (χ4v) is 1.93. The lowest BCUT2D eigenvalue weighted by Gasteiger charge is -2.31. The van der Waals surface area contributed by atoms with Crippen LogP contribution >= 0.6 is 0 Å². The highest BCUT2D eigenvalue weighted by Gasteiger charge is 2.26. The van der Waals surface area contributed by atoms with E-state index in [4.69, 9.17) is 14.6 Å². The van der Waals surface area contributed by atoms with Crippen LogP contribution < -0.4 is 0 Å². The van der Waals surface area contributed by atoms with Crippen molar-refractivity contribution in [3.8, 4) is 0 Å². The summed E-state index contributed by atoms with van der Waals surface area (Å²) >= 11 is 0. The first-order valence-electron chi connectivity index (χ1n) is 7.48. The van der Waals surface area contributed by atoms with Gasteiger partial charge in [0.25, 0.3) is 0 Å². The van der Waals surface area contributed by atoms with Gasteiger partial charge in [0, 0.05) is 13.7 Å². The Morgan fingerprint density at radius 2 is 1.77 bits per heavy atom. The number of aliphatic hydroxyl groups excluding tert-OH is 1.